The van der Waals surface area contributed by atoms with E-state index in [9.17, 15) is 4.79 Å². The summed E-state index contributed by atoms with van der Waals surface area (Å²) < 4.78 is 0.174. The SMILES string of the molecule is CC(I)C=O. The summed E-state index contributed by atoms with van der Waals surface area (Å²) in [6, 6.07) is 0. The molecular weight excluding hydrogens is 179 g/mol. The lowest BCUT2D eigenvalue weighted by atomic mass is 10.6. The molecule has 0 aliphatic carbocycles. The molecule has 1 nitrogen and oxygen atoms in total. The molecule has 2 heteroatoms. The van der Waals surface area contributed by atoms with Crippen molar-refractivity contribution in [3.8, 4) is 0 Å². The zero-order valence-corrected chi connectivity index (χ0v) is 5.10. The highest BCUT2D eigenvalue weighted by Gasteiger charge is 1.82. The summed E-state index contributed by atoms with van der Waals surface area (Å²) in [5.74, 6) is 0. The Hall–Kier alpha value is 0.400. The number of aldehydes is 1. The van der Waals surface area contributed by atoms with Gasteiger partial charge in [-0.2, -0.15) is 0 Å². The number of rotatable bonds is 1. The molecule has 0 amide bonds. The average Bonchev–Trinajstić information content (AvgIpc) is 1.38. The van der Waals surface area contributed by atoms with Gasteiger partial charge in [0.15, 0.2) is 0 Å². The highest BCUT2D eigenvalue weighted by molar-refractivity contribution is 14.1. The Morgan fingerprint density at radius 1 is 2.00 bits per heavy atom. The summed E-state index contributed by atoms with van der Waals surface area (Å²) in [7, 11) is 0. The molecule has 0 aromatic carbocycles. The predicted molar refractivity (Wildman–Crippen MR) is 29.5 cm³/mol. The number of halogens is 1. The first-order valence-electron chi connectivity index (χ1n) is 1.36. The Labute approximate surface area is 44.9 Å². The molecule has 0 saturated carbocycles. The van der Waals surface area contributed by atoms with Crippen LogP contribution in [0.1, 0.15) is 6.92 Å². The van der Waals surface area contributed by atoms with Crippen LogP contribution < -0.4 is 0 Å². The van der Waals surface area contributed by atoms with Crippen molar-refractivity contribution in [3.63, 3.8) is 0 Å². The minimum atomic E-state index is 0.174. The maximum atomic E-state index is 9.50. The fourth-order valence-electron chi connectivity index (χ4n) is 0. The van der Waals surface area contributed by atoms with Gasteiger partial charge in [0.25, 0.3) is 0 Å². The summed E-state index contributed by atoms with van der Waals surface area (Å²) >= 11 is 2.04. The van der Waals surface area contributed by atoms with Crippen LogP contribution >= 0.6 is 22.6 Å². The first-order valence-corrected chi connectivity index (χ1v) is 2.61. The molecule has 0 saturated heterocycles. The Morgan fingerprint density at radius 2 is 2.20 bits per heavy atom. The fraction of sp³-hybridized carbons (Fsp3) is 0.667. The molecule has 1 atom stereocenters. The van der Waals surface area contributed by atoms with Gasteiger partial charge in [-0.25, -0.2) is 0 Å². The number of hydrogen-bond donors (Lipinski definition) is 0. The van der Waals surface area contributed by atoms with Crippen LogP contribution in [-0.2, 0) is 4.79 Å². The van der Waals surface area contributed by atoms with E-state index in [-0.39, 0.29) is 3.92 Å². The lowest BCUT2D eigenvalue weighted by molar-refractivity contribution is -0.106. The molecule has 0 fully saturated rings. The molecule has 1 unspecified atom stereocenters. The van der Waals surface area contributed by atoms with Crippen LogP contribution in [0.2, 0.25) is 0 Å². The Kier molecular flexibility index (Phi) is 2.84. The molecule has 0 bridgehead atoms. The third kappa shape index (κ3) is 4.40. The van der Waals surface area contributed by atoms with Gasteiger partial charge in [-0.1, -0.05) is 22.6 Å². The topological polar surface area (TPSA) is 17.1 Å². The van der Waals surface area contributed by atoms with Crippen molar-refractivity contribution in [2.24, 2.45) is 0 Å². The molecule has 0 aliphatic heterocycles. The Balaban J connectivity index is 2.83. The maximum Gasteiger partial charge on any atom is 0.132 e. The molecule has 0 spiro atoms. The molecule has 0 heterocycles. The molecule has 0 rings (SSSR count). The van der Waals surface area contributed by atoms with Crippen molar-refractivity contribution in [1.82, 2.24) is 0 Å². The van der Waals surface area contributed by atoms with Crippen LogP contribution in [0.15, 0.2) is 0 Å². The van der Waals surface area contributed by atoms with E-state index in [1.54, 1.807) is 0 Å². The van der Waals surface area contributed by atoms with Gasteiger partial charge in [0.1, 0.15) is 6.29 Å². The van der Waals surface area contributed by atoms with Crippen LogP contribution in [0.4, 0.5) is 0 Å². The second kappa shape index (κ2) is 2.63. The number of alkyl halides is 1. The third-order valence-corrected chi connectivity index (χ3v) is 0.481. The number of carbonyl (C=O) groups is 1. The standard InChI is InChI=1S/C3H5IO/c1-3(4)2-5/h2-3H,1H3. The van der Waals surface area contributed by atoms with Crippen LogP contribution in [0.3, 0.4) is 0 Å². The van der Waals surface area contributed by atoms with Gasteiger partial charge in [0.05, 0.1) is 3.92 Å². The predicted octanol–water partition coefficient (Wildman–Crippen LogP) is 1.01. The van der Waals surface area contributed by atoms with Gasteiger partial charge < -0.3 is 4.79 Å². The van der Waals surface area contributed by atoms with E-state index in [0.717, 1.165) is 6.29 Å². The van der Waals surface area contributed by atoms with Crippen molar-refractivity contribution in [2.45, 2.75) is 10.8 Å². The molecule has 0 radical (unpaired) electrons. The normalized spacial score (nSPS) is 14.0. The minimum absolute atomic E-state index is 0.174. The van der Waals surface area contributed by atoms with E-state index < -0.39 is 0 Å². The van der Waals surface area contributed by atoms with Crippen molar-refractivity contribution >= 4 is 28.9 Å². The van der Waals surface area contributed by atoms with Crippen molar-refractivity contribution in [2.75, 3.05) is 0 Å². The summed E-state index contributed by atoms with van der Waals surface area (Å²) in [5.41, 5.74) is 0. The summed E-state index contributed by atoms with van der Waals surface area (Å²) in [5, 5.41) is 0. The van der Waals surface area contributed by atoms with Crippen molar-refractivity contribution < 1.29 is 4.79 Å². The minimum Gasteiger partial charge on any atom is -0.302 e. The smallest absolute Gasteiger partial charge is 0.132 e. The van der Waals surface area contributed by atoms with Crippen LogP contribution in [-0.4, -0.2) is 10.2 Å². The maximum absolute atomic E-state index is 9.50. The second-order valence-corrected chi connectivity index (χ2v) is 2.78. The lowest BCUT2D eigenvalue weighted by Crippen LogP contribution is -1.85. The van der Waals surface area contributed by atoms with E-state index in [0.29, 0.717) is 0 Å². The van der Waals surface area contributed by atoms with Crippen LogP contribution in [0, 0.1) is 0 Å². The molecule has 0 aliphatic rings. The highest BCUT2D eigenvalue weighted by atomic mass is 127. The van der Waals surface area contributed by atoms with Gasteiger partial charge >= 0.3 is 0 Å². The summed E-state index contributed by atoms with van der Waals surface area (Å²) in [6.07, 6.45) is 0.903. The molecule has 5 heavy (non-hydrogen) atoms. The van der Waals surface area contributed by atoms with Gasteiger partial charge in [0.2, 0.25) is 0 Å². The first kappa shape index (κ1) is 5.40. The summed E-state index contributed by atoms with van der Waals surface area (Å²) in [6.45, 7) is 1.84. The monoisotopic (exact) mass is 184 g/mol. The van der Waals surface area contributed by atoms with E-state index in [1.165, 1.54) is 0 Å². The second-order valence-electron chi connectivity index (χ2n) is 0.814. The van der Waals surface area contributed by atoms with E-state index >= 15 is 0 Å². The van der Waals surface area contributed by atoms with E-state index in [2.05, 4.69) is 0 Å². The lowest BCUT2D eigenvalue weighted by Gasteiger charge is -1.76. The van der Waals surface area contributed by atoms with E-state index in [4.69, 9.17) is 0 Å². The fourth-order valence-corrected chi connectivity index (χ4v) is 0. The van der Waals surface area contributed by atoms with Gasteiger partial charge in [0, 0.05) is 0 Å². The average molecular weight is 184 g/mol. The zero-order valence-electron chi connectivity index (χ0n) is 2.94. The number of hydrogen-bond acceptors (Lipinski definition) is 1. The van der Waals surface area contributed by atoms with Crippen LogP contribution in [0.25, 0.3) is 0 Å². The first-order chi connectivity index (χ1) is 2.27. The van der Waals surface area contributed by atoms with Crippen LogP contribution in [0.5, 0.6) is 0 Å². The molecule has 0 aromatic heterocycles. The molecule has 0 N–H and O–H groups in total. The molecule has 30 valence electrons. The largest absolute Gasteiger partial charge is 0.302 e. The van der Waals surface area contributed by atoms with Gasteiger partial charge in [-0.15, -0.1) is 0 Å². The van der Waals surface area contributed by atoms with Gasteiger partial charge in [-0.3, -0.25) is 0 Å². The van der Waals surface area contributed by atoms with E-state index in [1.807, 2.05) is 29.5 Å². The van der Waals surface area contributed by atoms with Crippen molar-refractivity contribution in [1.29, 1.82) is 0 Å². The highest BCUT2D eigenvalue weighted by Crippen LogP contribution is 1.89. The zero-order chi connectivity index (χ0) is 4.28. The molecular formula is C3H5IO. The Morgan fingerprint density at radius 3 is 2.20 bits per heavy atom. The quantitative estimate of drug-likeness (QED) is 0.337. The van der Waals surface area contributed by atoms with Gasteiger partial charge in [-0.05, 0) is 6.92 Å². The third-order valence-electron chi connectivity index (χ3n) is 0.188. The summed E-state index contributed by atoms with van der Waals surface area (Å²) in [4.78, 5) is 9.50. The molecule has 0 aromatic rings. The number of carbonyl (C=O) groups excluding carboxylic acids is 1. The Bertz CT molecular complexity index is 33.9. The van der Waals surface area contributed by atoms with Crippen molar-refractivity contribution in [3.05, 3.63) is 0 Å².